The Morgan fingerprint density at radius 3 is 2.00 bits per heavy atom. The molecule has 3 rings (SSSR count). The van der Waals surface area contributed by atoms with Crippen molar-refractivity contribution in [1.29, 1.82) is 0 Å². The van der Waals surface area contributed by atoms with Gasteiger partial charge in [0.2, 0.25) is 0 Å². The maximum atomic E-state index is 13.2. The average Bonchev–Trinajstić information content (AvgIpc) is 2.97. The smallest absolute Gasteiger partial charge is 0.354 e. The Hall–Kier alpha value is -2.85. The Morgan fingerprint density at radius 1 is 0.882 bits per heavy atom. The summed E-state index contributed by atoms with van der Waals surface area (Å²) in [6, 6.07) is 0.983. The minimum atomic E-state index is -5.01. The first kappa shape index (κ1) is 25.8. The fraction of sp³-hybridized carbons (Fsp3) is 0.522. The molecule has 0 saturated carbocycles. The van der Waals surface area contributed by atoms with Gasteiger partial charge in [-0.1, -0.05) is 13.8 Å². The van der Waals surface area contributed by atoms with E-state index < -0.39 is 35.0 Å². The van der Waals surface area contributed by atoms with E-state index in [1.165, 1.54) is 4.90 Å². The van der Waals surface area contributed by atoms with E-state index in [0.29, 0.717) is 37.5 Å². The first-order valence-electron chi connectivity index (χ1n) is 10.9. The van der Waals surface area contributed by atoms with Crippen LogP contribution in [0.5, 0.6) is 0 Å². The van der Waals surface area contributed by atoms with Gasteiger partial charge in [0.15, 0.2) is 0 Å². The average molecular weight is 488 g/mol. The number of hydrogen-bond donors (Lipinski definition) is 0. The predicted molar refractivity (Wildman–Crippen MR) is 115 cm³/mol. The second-order valence-electron chi connectivity index (χ2n) is 8.68. The number of carbonyl (C=O) groups is 1. The van der Waals surface area contributed by atoms with Crippen LogP contribution in [0.15, 0.2) is 18.2 Å². The third-order valence-electron chi connectivity index (χ3n) is 5.72. The van der Waals surface area contributed by atoms with Crippen LogP contribution in [0.4, 0.5) is 32.2 Å². The summed E-state index contributed by atoms with van der Waals surface area (Å²) < 4.78 is 79.2. The van der Waals surface area contributed by atoms with Gasteiger partial charge < -0.3 is 9.80 Å². The SMILES string of the molecule is Cc1nc(C)c(C(C)C)c(N2CCCN(C(=O)c3cc(C(F)(F)F)cc(C(F)(F)F)c3)CC2)n1. The van der Waals surface area contributed by atoms with Gasteiger partial charge in [0.25, 0.3) is 5.91 Å². The largest absolute Gasteiger partial charge is 0.416 e. The fourth-order valence-corrected chi connectivity index (χ4v) is 4.21. The molecule has 1 aliphatic rings. The maximum Gasteiger partial charge on any atom is 0.416 e. The van der Waals surface area contributed by atoms with Gasteiger partial charge in [-0.25, -0.2) is 9.97 Å². The standard InChI is InChI=1S/C23H26F6N4O/c1-13(2)19-14(3)30-15(4)31-20(19)32-6-5-7-33(9-8-32)21(34)16-10-17(22(24,25)26)12-18(11-16)23(27,28)29/h10-13H,5-9H2,1-4H3. The number of alkyl halides is 6. The number of amides is 1. The monoisotopic (exact) mass is 488 g/mol. The van der Waals surface area contributed by atoms with E-state index in [1.54, 1.807) is 6.92 Å². The van der Waals surface area contributed by atoms with E-state index in [2.05, 4.69) is 9.97 Å². The van der Waals surface area contributed by atoms with Crippen molar-refractivity contribution in [2.75, 3.05) is 31.1 Å². The van der Waals surface area contributed by atoms with Gasteiger partial charge in [-0.3, -0.25) is 4.79 Å². The van der Waals surface area contributed by atoms with E-state index in [4.69, 9.17) is 0 Å². The zero-order valence-corrected chi connectivity index (χ0v) is 19.3. The molecule has 0 atom stereocenters. The van der Waals surface area contributed by atoms with Gasteiger partial charge in [0.1, 0.15) is 11.6 Å². The van der Waals surface area contributed by atoms with E-state index in [0.717, 1.165) is 17.1 Å². The molecule has 2 aromatic rings. The molecule has 11 heteroatoms. The molecule has 0 spiro atoms. The van der Waals surface area contributed by atoms with E-state index in [9.17, 15) is 31.1 Å². The van der Waals surface area contributed by atoms with Crippen LogP contribution in [-0.4, -0.2) is 47.0 Å². The van der Waals surface area contributed by atoms with Crippen LogP contribution in [0.1, 0.15) is 64.8 Å². The van der Waals surface area contributed by atoms with Crippen LogP contribution in [0.2, 0.25) is 0 Å². The van der Waals surface area contributed by atoms with E-state index in [1.807, 2.05) is 25.7 Å². The fourth-order valence-electron chi connectivity index (χ4n) is 4.21. The highest BCUT2D eigenvalue weighted by atomic mass is 19.4. The van der Waals surface area contributed by atoms with Crippen LogP contribution in [0.3, 0.4) is 0 Å². The summed E-state index contributed by atoms with van der Waals surface area (Å²) in [5.74, 6) is 0.616. The van der Waals surface area contributed by atoms with Crippen molar-refractivity contribution < 1.29 is 31.1 Å². The Balaban J connectivity index is 1.89. The maximum absolute atomic E-state index is 13.2. The zero-order chi connectivity index (χ0) is 25.4. The summed E-state index contributed by atoms with van der Waals surface area (Å²) in [6.45, 7) is 8.92. The molecule has 0 aliphatic carbocycles. The number of rotatable bonds is 3. The molecular weight excluding hydrogens is 462 g/mol. The molecule has 2 heterocycles. The molecule has 1 aromatic heterocycles. The Labute approximate surface area is 193 Å². The first-order valence-corrected chi connectivity index (χ1v) is 10.9. The van der Waals surface area contributed by atoms with Gasteiger partial charge >= 0.3 is 12.4 Å². The lowest BCUT2D eigenvalue weighted by molar-refractivity contribution is -0.143. The minimum Gasteiger partial charge on any atom is -0.354 e. The van der Waals surface area contributed by atoms with Gasteiger partial charge in [-0.05, 0) is 44.4 Å². The van der Waals surface area contributed by atoms with Crippen LogP contribution < -0.4 is 4.90 Å². The second kappa shape index (κ2) is 9.42. The molecule has 1 aromatic carbocycles. The Kier molecular flexibility index (Phi) is 7.14. The lowest BCUT2D eigenvalue weighted by Gasteiger charge is -2.27. The Bertz CT molecular complexity index is 1030. The molecule has 1 fully saturated rings. The van der Waals surface area contributed by atoms with Gasteiger partial charge in [0, 0.05) is 43.0 Å². The van der Waals surface area contributed by atoms with Gasteiger partial charge in [-0.2, -0.15) is 26.3 Å². The van der Waals surface area contributed by atoms with Crippen molar-refractivity contribution in [2.45, 2.75) is 52.4 Å². The summed E-state index contributed by atoms with van der Waals surface area (Å²) in [5, 5.41) is 0. The molecule has 1 aliphatic heterocycles. The number of nitrogens with zero attached hydrogens (tertiary/aromatic N) is 4. The molecule has 1 saturated heterocycles. The molecular formula is C23H26F6N4O. The summed E-state index contributed by atoms with van der Waals surface area (Å²) in [4.78, 5) is 25.3. The Morgan fingerprint density at radius 2 is 1.47 bits per heavy atom. The predicted octanol–water partition coefficient (Wildman–Crippen LogP) is 5.61. The highest BCUT2D eigenvalue weighted by Gasteiger charge is 2.38. The molecule has 5 nitrogen and oxygen atoms in total. The lowest BCUT2D eigenvalue weighted by Crippen LogP contribution is -2.36. The van der Waals surface area contributed by atoms with Crippen molar-refractivity contribution in [3.63, 3.8) is 0 Å². The highest BCUT2D eigenvalue weighted by molar-refractivity contribution is 5.94. The van der Waals surface area contributed by atoms with Crippen LogP contribution in [0.25, 0.3) is 0 Å². The van der Waals surface area contributed by atoms with Gasteiger partial charge in [0.05, 0.1) is 11.1 Å². The molecule has 186 valence electrons. The number of hydrogen-bond acceptors (Lipinski definition) is 4. The number of halogens is 6. The number of benzene rings is 1. The highest BCUT2D eigenvalue weighted by Crippen LogP contribution is 2.37. The van der Waals surface area contributed by atoms with Crippen LogP contribution in [-0.2, 0) is 12.4 Å². The molecule has 0 radical (unpaired) electrons. The van der Waals surface area contributed by atoms with Crippen molar-refractivity contribution in [3.05, 3.63) is 52.0 Å². The minimum absolute atomic E-state index is 0.0220. The molecule has 0 bridgehead atoms. The van der Waals surface area contributed by atoms with Crippen molar-refractivity contribution in [3.8, 4) is 0 Å². The van der Waals surface area contributed by atoms with Gasteiger partial charge in [-0.15, -0.1) is 0 Å². The summed E-state index contributed by atoms with van der Waals surface area (Å²) in [6.07, 6.45) is -9.54. The number of aromatic nitrogens is 2. The number of carbonyl (C=O) groups excluding carboxylic acids is 1. The normalized spacial score (nSPS) is 15.6. The summed E-state index contributed by atoms with van der Waals surface area (Å²) in [5.41, 5.74) is -1.82. The number of aryl methyl sites for hydroxylation is 2. The van der Waals surface area contributed by atoms with Crippen molar-refractivity contribution in [1.82, 2.24) is 14.9 Å². The van der Waals surface area contributed by atoms with Crippen LogP contribution >= 0.6 is 0 Å². The second-order valence-corrected chi connectivity index (χ2v) is 8.68. The van der Waals surface area contributed by atoms with Crippen molar-refractivity contribution in [2.24, 2.45) is 0 Å². The topological polar surface area (TPSA) is 49.3 Å². The molecule has 0 unspecified atom stereocenters. The van der Waals surface area contributed by atoms with E-state index >= 15 is 0 Å². The number of anilines is 1. The van der Waals surface area contributed by atoms with Crippen molar-refractivity contribution >= 4 is 11.7 Å². The zero-order valence-electron chi connectivity index (χ0n) is 19.3. The first-order chi connectivity index (χ1) is 15.7. The quantitative estimate of drug-likeness (QED) is 0.528. The third-order valence-corrected chi connectivity index (χ3v) is 5.72. The summed E-state index contributed by atoms with van der Waals surface area (Å²) >= 11 is 0. The lowest BCUT2D eigenvalue weighted by atomic mass is 10.0. The molecule has 1 amide bonds. The third kappa shape index (κ3) is 5.61. The molecule has 34 heavy (non-hydrogen) atoms. The summed E-state index contributed by atoms with van der Waals surface area (Å²) in [7, 11) is 0. The molecule has 0 N–H and O–H groups in total. The van der Waals surface area contributed by atoms with E-state index in [-0.39, 0.29) is 25.1 Å². The van der Waals surface area contributed by atoms with Crippen LogP contribution in [0, 0.1) is 13.8 Å².